The molecular weight excluding hydrogens is 885 g/mol. The molecule has 4 aromatic rings. The summed E-state index contributed by atoms with van der Waals surface area (Å²) in [6.07, 6.45) is -1.56. The summed E-state index contributed by atoms with van der Waals surface area (Å²) in [7, 11) is 2.52. The molecule has 0 heterocycles. The van der Waals surface area contributed by atoms with Crippen LogP contribution in [0.1, 0.15) is 99.1 Å². The molecular formula is C48H54N6O14. The van der Waals surface area contributed by atoms with Crippen molar-refractivity contribution in [2.45, 2.75) is 89.5 Å². The van der Waals surface area contributed by atoms with Gasteiger partial charge in [0.2, 0.25) is 11.8 Å². The van der Waals surface area contributed by atoms with Gasteiger partial charge in [-0.25, -0.2) is 19.2 Å². The number of hydrogen-bond donors (Lipinski definition) is 8. The molecule has 4 aromatic carbocycles. The fraction of sp³-hybridized carbons (Fsp3) is 0.333. The Hall–Kier alpha value is -8.16. The van der Waals surface area contributed by atoms with Crippen LogP contribution < -0.4 is 41.4 Å². The molecule has 0 aromatic heterocycles. The third kappa shape index (κ3) is 11.1. The number of methoxy groups -OCH3 is 2. The van der Waals surface area contributed by atoms with Crippen LogP contribution in [-0.2, 0) is 28.7 Å². The number of amides is 6. The lowest BCUT2D eigenvalue weighted by Crippen LogP contribution is -2.86. The standard InChI is InChI=1S/C48H54N6O14/c1-25(55)49-33-21-15-29(23-35(33)65-9)37-47(41(59)60,53-39(57)27-11-17-31(18-12-27)51-43(63)67-45(3,4)5)38(30-16-22-34(50-26(2)56)36(24-30)66-10)48(37,42(61)62)54-40(58)28-13-19-32(20-14-28)52-44(64)68-46(6,7)8/h11-24,37-38H,1-10H3,(H,49,55)(H,50,56)(H,51,63)(H,52,64)(H,53,57)(H,54,58)(H,59,60)(H,61,62). The monoisotopic (exact) mass is 938 g/mol. The van der Waals surface area contributed by atoms with E-state index in [2.05, 4.69) is 31.9 Å². The third-order valence-electron chi connectivity index (χ3n) is 10.5. The minimum absolute atomic E-state index is 0.0279. The second-order valence-corrected chi connectivity index (χ2v) is 17.8. The smallest absolute Gasteiger partial charge is 0.412 e. The molecule has 6 amide bonds. The van der Waals surface area contributed by atoms with E-state index in [0.717, 1.165) is 0 Å². The highest BCUT2D eigenvalue weighted by atomic mass is 16.6. The average Bonchev–Trinajstić information content (AvgIpc) is 3.22. The molecule has 1 saturated carbocycles. The van der Waals surface area contributed by atoms with E-state index in [1.54, 1.807) is 41.5 Å². The van der Waals surface area contributed by atoms with Gasteiger partial charge in [-0.1, -0.05) is 12.1 Å². The zero-order chi connectivity index (χ0) is 50.5. The number of anilines is 4. The maximum atomic E-state index is 14.5. The van der Waals surface area contributed by atoms with Crippen molar-refractivity contribution in [2.75, 3.05) is 35.5 Å². The maximum absolute atomic E-state index is 14.5. The molecule has 0 saturated heterocycles. The lowest BCUT2D eigenvalue weighted by Gasteiger charge is -2.64. The lowest BCUT2D eigenvalue weighted by atomic mass is 9.43. The summed E-state index contributed by atoms with van der Waals surface area (Å²) >= 11 is 0. The number of benzene rings is 4. The summed E-state index contributed by atoms with van der Waals surface area (Å²) in [5, 5.41) is 38.8. The normalized spacial score (nSPS) is 18.6. The van der Waals surface area contributed by atoms with Gasteiger partial charge >= 0.3 is 24.1 Å². The first-order chi connectivity index (χ1) is 31.7. The molecule has 0 atom stereocenters. The molecule has 0 radical (unpaired) electrons. The Balaban J connectivity index is 1.74. The molecule has 20 nitrogen and oxygen atoms in total. The molecule has 360 valence electrons. The number of aliphatic carboxylic acids is 2. The molecule has 1 aliphatic rings. The van der Waals surface area contributed by atoms with E-state index >= 15 is 0 Å². The van der Waals surface area contributed by atoms with Crippen LogP contribution in [0.5, 0.6) is 11.5 Å². The maximum Gasteiger partial charge on any atom is 0.412 e. The first-order valence-electron chi connectivity index (χ1n) is 21.0. The zero-order valence-corrected chi connectivity index (χ0v) is 39.0. The Morgan fingerprint density at radius 1 is 0.500 bits per heavy atom. The van der Waals surface area contributed by atoms with Crippen LogP contribution in [0.2, 0.25) is 0 Å². The molecule has 5 rings (SSSR count). The number of ether oxygens (including phenoxy) is 4. The first kappa shape index (κ1) is 50.8. The summed E-state index contributed by atoms with van der Waals surface area (Å²) in [4.78, 5) is 107. The van der Waals surface area contributed by atoms with Crippen LogP contribution in [-0.4, -0.2) is 94.5 Å². The molecule has 0 bridgehead atoms. The molecule has 0 spiro atoms. The van der Waals surface area contributed by atoms with Gasteiger partial charge in [0.25, 0.3) is 11.8 Å². The van der Waals surface area contributed by atoms with Gasteiger partial charge in [0.1, 0.15) is 22.7 Å². The van der Waals surface area contributed by atoms with Crippen molar-refractivity contribution in [2.24, 2.45) is 0 Å². The molecule has 0 aliphatic heterocycles. The number of rotatable bonds is 14. The van der Waals surface area contributed by atoms with E-state index in [4.69, 9.17) is 18.9 Å². The quantitative estimate of drug-likeness (QED) is 0.0653. The highest BCUT2D eigenvalue weighted by molar-refractivity contribution is 6.06. The Bertz CT molecular complexity index is 2450. The molecule has 0 unspecified atom stereocenters. The van der Waals surface area contributed by atoms with E-state index in [1.165, 1.54) is 113 Å². The van der Waals surface area contributed by atoms with Crippen LogP contribution in [0, 0.1) is 0 Å². The predicted molar refractivity (Wildman–Crippen MR) is 248 cm³/mol. The van der Waals surface area contributed by atoms with E-state index in [1.807, 2.05) is 0 Å². The predicted octanol–water partition coefficient (Wildman–Crippen LogP) is 6.70. The van der Waals surface area contributed by atoms with Gasteiger partial charge in [0, 0.05) is 36.3 Å². The van der Waals surface area contributed by atoms with E-state index in [0.29, 0.717) is 0 Å². The van der Waals surface area contributed by atoms with E-state index in [-0.39, 0.29) is 56.5 Å². The summed E-state index contributed by atoms with van der Waals surface area (Å²) in [5.41, 5.74) is -6.64. The second kappa shape index (κ2) is 19.7. The average molecular weight is 939 g/mol. The molecule has 1 fully saturated rings. The summed E-state index contributed by atoms with van der Waals surface area (Å²) in [5.74, 6) is -10.3. The highest BCUT2D eigenvalue weighted by Gasteiger charge is 2.80. The third-order valence-corrected chi connectivity index (χ3v) is 10.5. The second-order valence-electron chi connectivity index (χ2n) is 17.8. The van der Waals surface area contributed by atoms with Crippen molar-refractivity contribution >= 4 is 70.5 Å². The Kier molecular flexibility index (Phi) is 14.8. The number of carbonyl (C=O) groups is 8. The Labute approximate surface area is 391 Å². The highest BCUT2D eigenvalue weighted by Crippen LogP contribution is 2.64. The first-order valence-corrected chi connectivity index (χ1v) is 21.0. The topological polar surface area (TPSA) is 286 Å². The number of carboxylic acids is 2. The minimum atomic E-state index is -2.67. The van der Waals surface area contributed by atoms with Gasteiger partial charge in [-0.05, 0) is 125 Å². The van der Waals surface area contributed by atoms with Gasteiger partial charge < -0.3 is 50.4 Å². The molecule has 68 heavy (non-hydrogen) atoms. The minimum Gasteiger partial charge on any atom is -0.495 e. The van der Waals surface area contributed by atoms with Gasteiger partial charge in [-0.2, -0.15) is 0 Å². The number of carbonyl (C=O) groups excluding carboxylic acids is 6. The number of hydrogen-bond acceptors (Lipinski definition) is 12. The molecule has 8 N–H and O–H groups in total. The van der Waals surface area contributed by atoms with Crippen molar-refractivity contribution < 1.29 is 67.5 Å². The van der Waals surface area contributed by atoms with Gasteiger partial charge in [-0.15, -0.1) is 0 Å². The SMILES string of the molecule is COc1cc(C2C(NC(=O)c3ccc(NC(=O)OC(C)(C)C)cc3)(C(=O)O)C(c3ccc(NC(C)=O)c(OC)c3)C2(NC(=O)c2ccc(NC(=O)OC(C)(C)C)cc2)C(=O)O)ccc1NC(C)=O. The summed E-state index contributed by atoms with van der Waals surface area (Å²) in [6, 6.07) is 18.6. The van der Waals surface area contributed by atoms with E-state index in [9.17, 15) is 48.6 Å². The van der Waals surface area contributed by atoms with Crippen molar-refractivity contribution in [1.82, 2.24) is 10.6 Å². The zero-order valence-electron chi connectivity index (χ0n) is 39.0. The fourth-order valence-corrected chi connectivity index (χ4v) is 8.03. The largest absolute Gasteiger partial charge is 0.495 e. The number of nitrogens with one attached hydrogen (secondary N) is 6. The van der Waals surface area contributed by atoms with Crippen molar-refractivity contribution in [3.63, 3.8) is 0 Å². The molecule has 20 heteroatoms. The van der Waals surface area contributed by atoms with Crippen LogP contribution in [0.25, 0.3) is 0 Å². The summed E-state index contributed by atoms with van der Waals surface area (Å²) in [6.45, 7) is 12.5. The lowest BCUT2D eigenvalue weighted by molar-refractivity contribution is -0.171. The van der Waals surface area contributed by atoms with Crippen molar-refractivity contribution in [3.05, 3.63) is 107 Å². The van der Waals surface area contributed by atoms with Gasteiger partial charge in [-0.3, -0.25) is 29.8 Å². The van der Waals surface area contributed by atoms with Crippen LogP contribution in [0.3, 0.4) is 0 Å². The van der Waals surface area contributed by atoms with Crippen LogP contribution in [0.15, 0.2) is 84.9 Å². The van der Waals surface area contributed by atoms with Crippen LogP contribution in [0.4, 0.5) is 32.3 Å². The fourth-order valence-electron chi connectivity index (χ4n) is 8.03. The Morgan fingerprint density at radius 2 is 0.824 bits per heavy atom. The van der Waals surface area contributed by atoms with Gasteiger partial charge in [0.05, 0.1) is 37.4 Å². The summed E-state index contributed by atoms with van der Waals surface area (Å²) < 4.78 is 21.7. The van der Waals surface area contributed by atoms with Crippen molar-refractivity contribution in [3.8, 4) is 11.5 Å². The molecule has 1 aliphatic carbocycles. The van der Waals surface area contributed by atoms with Crippen LogP contribution >= 0.6 is 0 Å². The van der Waals surface area contributed by atoms with E-state index < -0.39 is 81.9 Å². The number of carboxylic acid groups (broad SMARTS) is 2. The van der Waals surface area contributed by atoms with Crippen molar-refractivity contribution in [1.29, 1.82) is 0 Å². The van der Waals surface area contributed by atoms with Gasteiger partial charge in [0.15, 0.2) is 11.1 Å². The Morgan fingerprint density at radius 3 is 1.09 bits per heavy atom.